The molecule has 0 spiro atoms. The van der Waals surface area contributed by atoms with Gasteiger partial charge in [0.05, 0.1) is 12.6 Å². The van der Waals surface area contributed by atoms with Crippen molar-refractivity contribution in [2.24, 2.45) is 17.8 Å². The fourth-order valence-corrected chi connectivity index (χ4v) is 3.89. The molecule has 42 heavy (non-hydrogen) atoms. The number of fused-ring (bicyclic) bond motifs is 1. The third-order valence-corrected chi connectivity index (χ3v) is 5.77. The zero-order valence-corrected chi connectivity index (χ0v) is 25.6. The minimum Gasteiger partial charge on any atom is -0.335 e. The molecule has 2 heterocycles. The van der Waals surface area contributed by atoms with Crippen molar-refractivity contribution >= 4 is 28.9 Å². The Bertz CT molecular complexity index is 1180. The highest BCUT2D eigenvalue weighted by molar-refractivity contribution is 5.91. The summed E-state index contributed by atoms with van der Waals surface area (Å²) in [5.74, 6) is -0.0712. The summed E-state index contributed by atoms with van der Waals surface area (Å²) in [7, 11) is 1.67. The smallest absolute Gasteiger partial charge is 0.335 e. The number of halogens is 4. The molecule has 0 bridgehead atoms. The SMILES string of the molecule is CC(C)C.CCC.CNCC(=O)N1CC(C)C(C)C1C(=O)NC(C#N)c1cncc2c(F)cccc12.O=CC(F)(F)F. The van der Waals surface area contributed by atoms with Crippen LogP contribution in [0.1, 0.15) is 66.5 Å². The van der Waals surface area contributed by atoms with Crippen molar-refractivity contribution in [1.82, 2.24) is 20.5 Å². The van der Waals surface area contributed by atoms with E-state index in [1.807, 2.05) is 13.8 Å². The molecule has 1 aromatic heterocycles. The first-order chi connectivity index (χ1) is 19.6. The third kappa shape index (κ3) is 12.5. The number of nitriles is 1. The molecule has 234 valence electrons. The van der Waals surface area contributed by atoms with Gasteiger partial charge in [-0.1, -0.05) is 67.0 Å². The predicted molar refractivity (Wildman–Crippen MR) is 155 cm³/mol. The molecular weight excluding hydrogens is 554 g/mol. The van der Waals surface area contributed by atoms with Crippen LogP contribution in [-0.2, 0) is 14.4 Å². The second-order valence-corrected chi connectivity index (χ2v) is 10.6. The van der Waals surface area contributed by atoms with Gasteiger partial charge in [-0.25, -0.2) is 4.39 Å². The molecule has 0 radical (unpaired) electrons. The molecule has 8 nitrogen and oxygen atoms in total. The number of benzene rings is 1. The molecule has 4 unspecified atom stereocenters. The number of alkyl halides is 3. The highest BCUT2D eigenvalue weighted by atomic mass is 19.4. The van der Waals surface area contributed by atoms with Gasteiger partial charge in [0.2, 0.25) is 18.1 Å². The number of aromatic nitrogens is 1. The zero-order valence-electron chi connectivity index (χ0n) is 25.6. The van der Waals surface area contributed by atoms with E-state index in [0.717, 1.165) is 5.92 Å². The lowest BCUT2D eigenvalue weighted by Crippen LogP contribution is -2.50. The number of amides is 2. The number of nitrogens with zero attached hydrogens (tertiary/aromatic N) is 3. The summed E-state index contributed by atoms with van der Waals surface area (Å²) in [5, 5.41) is 16.1. The van der Waals surface area contributed by atoms with Gasteiger partial charge in [0, 0.05) is 29.9 Å². The van der Waals surface area contributed by atoms with Gasteiger partial charge >= 0.3 is 6.18 Å². The van der Waals surface area contributed by atoms with Crippen molar-refractivity contribution in [3.05, 3.63) is 42.0 Å². The summed E-state index contributed by atoms with van der Waals surface area (Å²) in [6, 6.07) is 4.96. The summed E-state index contributed by atoms with van der Waals surface area (Å²) in [6.07, 6.45) is -1.60. The number of rotatable bonds is 5. The molecule has 1 aliphatic rings. The van der Waals surface area contributed by atoms with E-state index in [2.05, 4.69) is 56.3 Å². The normalized spacial score (nSPS) is 18.3. The van der Waals surface area contributed by atoms with E-state index in [4.69, 9.17) is 4.79 Å². The second-order valence-electron chi connectivity index (χ2n) is 10.6. The number of pyridine rings is 1. The van der Waals surface area contributed by atoms with Gasteiger partial charge in [0.15, 0.2) is 0 Å². The van der Waals surface area contributed by atoms with Gasteiger partial charge in [-0.05, 0) is 36.3 Å². The van der Waals surface area contributed by atoms with Crippen molar-refractivity contribution in [3.8, 4) is 6.07 Å². The van der Waals surface area contributed by atoms with Crippen LogP contribution in [0.25, 0.3) is 10.8 Å². The first-order valence-electron chi connectivity index (χ1n) is 13.8. The Labute approximate surface area is 245 Å². The maximum Gasteiger partial charge on any atom is 0.446 e. The summed E-state index contributed by atoms with van der Waals surface area (Å²) < 4.78 is 45.3. The molecule has 0 saturated carbocycles. The van der Waals surface area contributed by atoms with Crippen LogP contribution in [0.15, 0.2) is 30.6 Å². The van der Waals surface area contributed by atoms with Crippen LogP contribution in [0.5, 0.6) is 0 Å². The van der Waals surface area contributed by atoms with Gasteiger partial charge in [-0.3, -0.25) is 19.4 Å². The lowest BCUT2D eigenvalue weighted by Gasteiger charge is -2.27. The third-order valence-electron chi connectivity index (χ3n) is 5.77. The second kappa shape index (κ2) is 18.8. The Kier molecular flexibility index (Phi) is 17.2. The van der Waals surface area contributed by atoms with Crippen LogP contribution < -0.4 is 10.6 Å². The highest BCUT2D eigenvalue weighted by Crippen LogP contribution is 2.31. The Hall–Kier alpha value is -3.59. The molecule has 2 aromatic rings. The van der Waals surface area contributed by atoms with Gasteiger partial charge in [-0.15, -0.1) is 0 Å². The van der Waals surface area contributed by atoms with Crippen LogP contribution in [0.3, 0.4) is 0 Å². The van der Waals surface area contributed by atoms with Crippen molar-refractivity contribution < 1.29 is 31.9 Å². The van der Waals surface area contributed by atoms with Crippen LogP contribution in [0, 0.1) is 34.9 Å². The molecule has 2 amide bonds. The summed E-state index contributed by atoms with van der Waals surface area (Å²) in [6.45, 7) is 15.3. The van der Waals surface area contributed by atoms with Crippen LogP contribution in [0.2, 0.25) is 0 Å². The molecule has 2 N–H and O–H groups in total. The maximum absolute atomic E-state index is 14.1. The highest BCUT2D eigenvalue weighted by Gasteiger charge is 2.43. The molecule has 3 rings (SSSR count). The number of hydrogen-bond acceptors (Lipinski definition) is 6. The Morgan fingerprint density at radius 3 is 2.19 bits per heavy atom. The lowest BCUT2D eigenvalue weighted by molar-refractivity contribution is -0.156. The minimum absolute atomic E-state index is 0.0572. The van der Waals surface area contributed by atoms with E-state index >= 15 is 0 Å². The minimum atomic E-state index is -4.64. The fraction of sp³-hybridized carbons (Fsp3) is 0.567. The standard InChI is InChI=1S/C21H24FN5O2.C4H10.C3H8.C2HF3O/c1-12-11-27(19(28)10-24-3)20(13(12)2)21(29)26-18(7-23)16-9-25-8-15-14(16)5-4-6-17(15)22;1-4(2)3;1-3-2;3-2(4,5)1-6/h4-6,8-9,12-13,18,20,24H,10-11H2,1-3H3,(H,26,29);4H,1-3H3;3H2,1-2H3;1H. The molecule has 1 aliphatic heterocycles. The summed E-state index contributed by atoms with van der Waals surface area (Å²) in [4.78, 5) is 39.8. The molecule has 0 aliphatic carbocycles. The molecule has 1 saturated heterocycles. The van der Waals surface area contributed by atoms with Gasteiger partial charge in [0.1, 0.15) is 17.9 Å². The number of carbonyl (C=O) groups excluding carboxylic acids is 3. The van der Waals surface area contributed by atoms with Crippen molar-refractivity contribution in [3.63, 3.8) is 0 Å². The average molecular weight is 598 g/mol. The summed E-state index contributed by atoms with van der Waals surface area (Å²) >= 11 is 0. The van der Waals surface area contributed by atoms with E-state index in [0.29, 0.717) is 17.5 Å². The number of carbonyl (C=O) groups is 3. The van der Waals surface area contributed by atoms with Crippen molar-refractivity contribution in [2.75, 3.05) is 20.1 Å². The number of nitrogens with one attached hydrogen (secondary N) is 2. The van der Waals surface area contributed by atoms with Crippen LogP contribution >= 0.6 is 0 Å². The van der Waals surface area contributed by atoms with Gasteiger partial charge < -0.3 is 15.5 Å². The fourth-order valence-electron chi connectivity index (χ4n) is 3.89. The largest absolute Gasteiger partial charge is 0.446 e. The number of aldehydes is 1. The van der Waals surface area contributed by atoms with E-state index in [-0.39, 0.29) is 29.7 Å². The Morgan fingerprint density at radius 1 is 1.17 bits per heavy atom. The predicted octanol–water partition coefficient (Wildman–Crippen LogP) is 5.58. The average Bonchev–Trinajstić information content (AvgIpc) is 3.21. The van der Waals surface area contributed by atoms with Crippen molar-refractivity contribution in [2.45, 2.75) is 73.1 Å². The first-order valence-corrected chi connectivity index (χ1v) is 13.8. The number of hydrogen-bond donors (Lipinski definition) is 2. The zero-order chi connectivity index (χ0) is 32.6. The quantitative estimate of drug-likeness (QED) is 0.343. The van der Waals surface area contributed by atoms with Gasteiger partial charge in [0.25, 0.3) is 0 Å². The Morgan fingerprint density at radius 2 is 1.71 bits per heavy atom. The molecule has 4 atom stereocenters. The monoisotopic (exact) mass is 597 g/mol. The summed E-state index contributed by atoms with van der Waals surface area (Å²) in [5.41, 5.74) is 0.421. The molecule has 12 heteroatoms. The topological polar surface area (TPSA) is 115 Å². The number of likely N-dealkylation sites (tertiary alicyclic amines) is 1. The Balaban J connectivity index is 0.00000109. The van der Waals surface area contributed by atoms with Gasteiger partial charge in [-0.2, -0.15) is 18.4 Å². The van der Waals surface area contributed by atoms with E-state index < -0.39 is 36.3 Å². The molecular formula is C30H43F4N5O3. The van der Waals surface area contributed by atoms with E-state index in [9.17, 15) is 32.4 Å². The van der Waals surface area contributed by atoms with E-state index in [1.54, 1.807) is 24.1 Å². The van der Waals surface area contributed by atoms with E-state index in [1.165, 1.54) is 24.9 Å². The van der Waals surface area contributed by atoms with Crippen LogP contribution in [0.4, 0.5) is 17.6 Å². The van der Waals surface area contributed by atoms with Crippen molar-refractivity contribution in [1.29, 1.82) is 5.26 Å². The molecule has 1 fully saturated rings. The molecule has 1 aromatic carbocycles. The maximum atomic E-state index is 14.1. The lowest BCUT2D eigenvalue weighted by atomic mass is 9.93. The van der Waals surface area contributed by atoms with Crippen LogP contribution in [-0.4, -0.2) is 60.3 Å². The first kappa shape index (κ1) is 38.4. The number of likely N-dealkylation sites (N-methyl/N-ethyl adjacent to an activating group) is 1.